The summed E-state index contributed by atoms with van der Waals surface area (Å²) in [5.74, 6) is 1.77. The molecule has 1 aromatic heterocycles. The topological polar surface area (TPSA) is 62.5 Å². The number of anilines is 2. The fourth-order valence-corrected chi connectivity index (χ4v) is 6.52. The molecule has 2 aromatic rings. The Morgan fingerprint density at radius 2 is 1.85 bits per heavy atom. The third kappa shape index (κ3) is 6.41. The molecule has 5 rings (SSSR count). The number of hydrogen-bond donors (Lipinski definition) is 0. The molecule has 40 heavy (non-hydrogen) atoms. The zero-order valence-corrected chi connectivity index (χ0v) is 24.8. The zero-order valence-electron chi connectivity index (χ0n) is 24.0. The highest BCUT2D eigenvalue weighted by Crippen LogP contribution is 2.46. The van der Waals surface area contributed by atoms with Crippen LogP contribution in [0.3, 0.4) is 0 Å². The van der Waals surface area contributed by atoms with E-state index >= 15 is 0 Å². The van der Waals surface area contributed by atoms with Gasteiger partial charge in [-0.05, 0) is 76.6 Å². The summed E-state index contributed by atoms with van der Waals surface area (Å²) in [6.45, 7) is 19.5. The fraction of sp³-hybridized carbons (Fsp3) is 0.581. The minimum Gasteiger partial charge on any atom is -0.489 e. The van der Waals surface area contributed by atoms with Crippen molar-refractivity contribution in [3.05, 3.63) is 53.0 Å². The van der Waals surface area contributed by atoms with Crippen molar-refractivity contribution in [3.63, 3.8) is 0 Å². The van der Waals surface area contributed by atoms with Crippen LogP contribution in [0.4, 0.5) is 22.0 Å². The van der Waals surface area contributed by atoms with Crippen molar-refractivity contribution in [1.82, 2.24) is 9.88 Å². The first-order valence-electron chi connectivity index (χ1n) is 14.3. The lowest BCUT2D eigenvalue weighted by atomic mass is 9.77. The van der Waals surface area contributed by atoms with Gasteiger partial charge in [0.1, 0.15) is 23.3 Å². The molecular formula is C31H40ClN5O3. The van der Waals surface area contributed by atoms with Crippen molar-refractivity contribution in [2.45, 2.75) is 77.5 Å². The van der Waals surface area contributed by atoms with E-state index in [2.05, 4.69) is 27.6 Å². The highest BCUT2D eigenvalue weighted by molar-refractivity contribution is 6.33. The highest BCUT2D eigenvalue weighted by atomic mass is 35.5. The average molecular weight is 566 g/mol. The third-order valence-electron chi connectivity index (χ3n) is 8.41. The van der Waals surface area contributed by atoms with Gasteiger partial charge in [0, 0.05) is 62.3 Å². The maximum Gasteiger partial charge on any atom is 0.410 e. The Labute approximate surface area is 243 Å². The molecule has 0 radical (unpaired) electrons. The first kappa shape index (κ1) is 28.4. The summed E-state index contributed by atoms with van der Waals surface area (Å²) in [6, 6.07) is 10.3. The van der Waals surface area contributed by atoms with E-state index in [0.29, 0.717) is 29.8 Å². The van der Waals surface area contributed by atoms with E-state index in [1.54, 1.807) is 4.90 Å². The Bertz CT molecular complexity index is 1240. The smallest absolute Gasteiger partial charge is 0.410 e. The normalized spacial score (nSPS) is 21.4. The molecule has 8 nitrogen and oxygen atoms in total. The standard InChI is InChI=1S/C31H40ClN5O3/c1-22-19-31(21-37(22)23-6-8-27(33-5)26(32)18-23)12-16-35(17-13-31)28-9-7-25(20-34-28)39-24-10-14-36(15-11-24)29(38)40-30(2,3)4/h6-9,18,20,22,24H,10-17,19,21H2,1-4H3/t22-/m0/s1. The quantitative estimate of drug-likeness (QED) is 0.374. The molecule has 3 aliphatic heterocycles. The summed E-state index contributed by atoms with van der Waals surface area (Å²) in [5.41, 5.74) is 1.42. The molecule has 0 bridgehead atoms. The van der Waals surface area contributed by atoms with Gasteiger partial charge >= 0.3 is 6.09 Å². The summed E-state index contributed by atoms with van der Waals surface area (Å²) < 4.78 is 11.7. The van der Waals surface area contributed by atoms with Crippen LogP contribution in [0.1, 0.15) is 59.8 Å². The van der Waals surface area contributed by atoms with E-state index in [-0.39, 0.29) is 17.6 Å². The summed E-state index contributed by atoms with van der Waals surface area (Å²) >= 11 is 6.34. The van der Waals surface area contributed by atoms with Crippen molar-refractivity contribution < 1.29 is 14.3 Å². The minimum absolute atomic E-state index is 0.0703. The maximum atomic E-state index is 12.3. The summed E-state index contributed by atoms with van der Waals surface area (Å²) in [4.78, 5) is 27.1. The largest absolute Gasteiger partial charge is 0.489 e. The molecule has 3 saturated heterocycles. The van der Waals surface area contributed by atoms with E-state index in [0.717, 1.165) is 69.0 Å². The van der Waals surface area contributed by atoms with Gasteiger partial charge in [-0.3, -0.25) is 0 Å². The summed E-state index contributed by atoms with van der Waals surface area (Å²) in [7, 11) is 0. The molecule has 0 aliphatic carbocycles. The molecule has 4 heterocycles. The molecule has 3 fully saturated rings. The first-order chi connectivity index (χ1) is 19.0. The van der Waals surface area contributed by atoms with Crippen molar-refractivity contribution in [2.24, 2.45) is 5.41 Å². The molecule has 0 unspecified atom stereocenters. The third-order valence-corrected chi connectivity index (χ3v) is 8.72. The molecule has 1 spiro atoms. The molecule has 1 amide bonds. The van der Waals surface area contributed by atoms with Crippen LogP contribution in [0.2, 0.25) is 5.02 Å². The van der Waals surface area contributed by atoms with E-state index in [1.807, 2.05) is 51.2 Å². The van der Waals surface area contributed by atoms with Crippen LogP contribution in [0, 0.1) is 12.0 Å². The van der Waals surface area contributed by atoms with Crippen molar-refractivity contribution >= 4 is 34.9 Å². The lowest BCUT2D eigenvalue weighted by Crippen LogP contribution is -2.44. The van der Waals surface area contributed by atoms with Crippen LogP contribution in [0.25, 0.3) is 4.85 Å². The van der Waals surface area contributed by atoms with Gasteiger partial charge in [0.25, 0.3) is 0 Å². The van der Waals surface area contributed by atoms with Crippen LogP contribution in [0.5, 0.6) is 5.75 Å². The van der Waals surface area contributed by atoms with Crippen molar-refractivity contribution in [3.8, 4) is 5.75 Å². The number of ether oxygens (including phenoxy) is 2. The number of halogens is 1. The molecule has 0 saturated carbocycles. The van der Waals surface area contributed by atoms with Gasteiger partial charge in [-0.25, -0.2) is 14.6 Å². The second-order valence-corrected chi connectivity index (χ2v) is 13.0. The molecule has 0 N–H and O–H groups in total. The Kier molecular flexibility index (Phi) is 8.05. The molecule has 214 valence electrons. The SMILES string of the molecule is [C-]#[N+]c1ccc(N2CC3(CCN(c4ccc(OC5CCN(C(=O)OC(C)(C)C)CC5)cn4)CC3)C[C@@H]2C)cc1Cl. The van der Waals surface area contributed by atoms with Gasteiger partial charge in [0.2, 0.25) is 5.69 Å². The van der Waals surface area contributed by atoms with E-state index in [9.17, 15) is 4.79 Å². The number of rotatable bonds is 4. The number of likely N-dealkylation sites (tertiary alicyclic amines) is 1. The van der Waals surface area contributed by atoms with E-state index < -0.39 is 5.60 Å². The maximum absolute atomic E-state index is 12.3. The zero-order chi connectivity index (χ0) is 28.5. The number of nitrogens with zero attached hydrogens (tertiary/aromatic N) is 5. The number of pyridine rings is 1. The van der Waals surface area contributed by atoms with E-state index in [4.69, 9.17) is 32.6 Å². The summed E-state index contributed by atoms with van der Waals surface area (Å²) in [6.07, 6.45) is 6.61. The number of amides is 1. The van der Waals surface area contributed by atoms with Crippen LogP contribution >= 0.6 is 11.6 Å². The minimum atomic E-state index is -0.482. The monoisotopic (exact) mass is 565 g/mol. The van der Waals surface area contributed by atoms with Crippen molar-refractivity contribution in [2.75, 3.05) is 42.5 Å². The second-order valence-electron chi connectivity index (χ2n) is 12.6. The molecule has 1 atom stereocenters. The molecule has 1 aromatic carbocycles. The van der Waals surface area contributed by atoms with Crippen molar-refractivity contribution in [1.29, 1.82) is 0 Å². The Morgan fingerprint density at radius 3 is 2.45 bits per heavy atom. The number of hydrogen-bond acceptors (Lipinski definition) is 6. The lowest BCUT2D eigenvalue weighted by Gasteiger charge is -2.40. The first-order valence-corrected chi connectivity index (χ1v) is 14.7. The van der Waals surface area contributed by atoms with Gasteiger partial charge in [0.15, 0.2) is 0 Å². The summed E-state index contributed by atoms with van der Waals surface area (Å²) in [5, 5.41) is 0.528. The molecule has 3 aliphatic rings. The van der Waals surface area contributed by atoms with E-state index in [1.165, 1.54) is 0 Å². The van der Waals surface area contributed by atoms with Gasteiger partial charge in [-0.1, -0.05) is 17.7 Å². The number of piperidine rings is 2. The Balaban J connectivity index is 1.11. The number of aromatic nitrogens is 1. The van der Waals surface area contributed by atoms with Crippen LogP contribution < -0.4 is 14.5 Å². The number of benzene rings is 1. The number of carbonyl (C=O) groups is 1. The molecule has 9 heteroatoms. The van der Waals surface area contributed by atoms with Gasteiger partial charge in [-0.15, -0.1) is 0 Å². The molecular weight excluding hydrogens is 526 g/mol. The predicted octanol–water partition coefficient (Wildman–Crippen LogP) is 6.95. The van der Waals surface area contributed by atoms with Gasteiger partial charge in [0.05, 0.1) is 12.8 Å². The highest BCUT2D eigenvalue weighted by Gasteiger charge is 2.44. The lowest BCUT2D eigenvalue weighted by molar-refractivity contribution is 0.0126. The van der Waals surface area contributed by atoms with Crippen LogP contribution in [0.15, 0.2) is 36.5 Å². The van der Waals surface area contributed by atoms with Crippen LogP contribution in [-0.2, 0) is 4.74 Å². The Hall–Kier alpha value is -3.18. The van der Waals surface area contributed by atoms with Gasteiger partial charge in [-0.2, -0.15) is 0 Å². The van der Waals surface area contributed by atoms with Gasteiger partial charge < -0.3 is 24.2 Å². The Morgan fingerprint density at radius 1 is 1.12 bits per heavy atom. The fourth-order valence-electron chi connectivity index (χ4n) is 6.31. The average Bonchev–Trinajstić information content (AvgIpc) is 3.24. The predicted molar refractivity (Wildman–Crippen MR) is 159 cm³/mol. The number of carbonyl (C=O) groups excluding carboxylic acids is 1. The van der Waals surface area contributed by atoms with Crippen LogP contribution in [-0.4, -0.2) is 66.4 Å². The second kappa shape index (κ2) is 11.4.